The van der Waals surface area contributed by atoms with E-state index in [2.05, 4.69) is 16.2 Å². The number of aromatic nitrogens is 1. The molecule has 0 radical (unpaired) electrons. The lowest BCUT2D eigenvalue weighted by Gasteiger charge is -2.09. The number of carbonyl (C=O) groups excluding carboxylic acids is 1. The molecule has 0 fully saturated rings. The number of carbonyl (C=O) groups is 1. The summed E-state index contributed by atoms with van der Waals surface area (Å²) in [4.78, 5) is 16.0. The van der Waals surface area contributed by atoms with Gasteiger partial charge in [0.2, 0.25) is 5.88 Å². The van der Waals surface area contributed by atoms with Crippen molar-refractivity contribution in [2.45, 2.75) is 0 Å². The topological polar surface area (TPSA) is 51.2 Å². The van der Waals surface area contributed by atoms with Crippen LogP contribution in [0.15, 0.2) is 48.7 Å². The minimum Gasteiger partial charge on any atom is -0.438 e. The molecule has 1 aromatic carbocycles. The number of nitrogens with one attached hydrogen (secondary N) is 1. The zero-order chi connectivity index (χ0) is 13.5. The number of hydrogen-bond acceptors (Lipinski definition) is 3. The van der Waals surface area contributed by atoms with E-state index in [-0.39, 0.29) is 18.3 Å². The van der Waals surface area contributed by atoms with Crippen molar-refractivity contribution in [3.05, 3.63) is 54.2 Å². The normalized spacial score (nSPS) is 9.42. The lowest BCUT2D eigenvalue weighted by Crippen LogP contribution is -2.24. The summed E-state index contributed by atoms with van der Waals surface area (Å²) in [7, 11) is 0. The molecule has 0 aliphatic heterocycles. The molecule has 2 rings (SSSR count). The van der Waals surface area contributed by atoms with Crippen LogP contribution in [0, 0.1) is 12.3 Å². The molecule has 0 saturated carbocycles. The third-order valence-corrected chi connectivity index (χ3v) is 2.32. The lowest BCUT2D eigenvalue weighted by molar-refractivity contribution is 0.0956. The molecule has 0 aliphatic carbocycles. The summed E-state index contributed by atoms with van der Waals surface area (Å²) >= 11 is 0. The van der Waals surface area contributed by atoms with Crippen LogP contribution < -0.4 is 10.1 Å². The predicted molar refractivity (Wildman–Crippen MR) is 71.9 cm³/mol. The van der Waals surface area contributed by atoms with E-state index in [1.165, 1.54) is 0 Å². The number of para-hydroxylation sites is 1. The molecular weight excluding hydrogens is 240 g/mol. The van der Waals surface area contributed by atoms with Gasteiger partial charge in [0.15, 0.2) is 0 Å². The molecule has 0 saturated heterocycles. The Morgan fingerprint density at radius 3 is 2.79 bits per heavy atom. The molecule has 1 N–H and O–H groups in total. The second-order valence-electron chi connectivity index (χ2n) is 3.66. The molecule has 19 heavy (non-hydrogen) atoms. The number of nitrogens with zero attached hydrogens (tertiary/aromatic N) is 1. The molecule has 4 nitrogen and oxygen atoms in total. The largest absolute Gasteiger partial charge is 0.438 e. The fourth-order valence-electron chi connectivity index (χ4n) is 1.47. The Morgan fingerprint density at radius 2 is 2.05 bits per heavy atom. The van der Waals surface area contributed by atoms with Gasteiger partial charge in [-0.05, 0) is 24.3 Å². The summed E-state index contributed by atoms with van der Waals surface area (Å²) in [5.41, 5.74) is 0.349. The summed E-state index contributed by atoms with van der Waals surface area (Å²) in [6, 6.07) is 12.5. The molecule has 0 unspecified atom stereocenters. The third-order valence-electron chi connectivity index (χ3n) is 2.32. The van der Waals surface area contributed by atoms with Crippen molar-refractivity contribution in [2.75, 3.05) is 6.54 Å². The van der Waals surface area contributed by atoms with E-state index in [9.17, 15) is 4.79 Å². The van der Waals surface area contributed by atoms with Gasteiger partial charge < -0.3 is 10.1 Å². The Bertz CT molecular complexity index is 603. The summed E-state index contributed by atoms with van der Waals surface area (Å²) in [5.74, 6) is 2.91. The predicted octanol–water partition coefficient (Wildman–Crippen LogP) is 2.24. The number of rotatable bonds is 4. The van der Waals surface area contributed by atoms with E-state index in [0.717, 1.165) is 0 Å². The first-order chi connectivity index (χ1) is 9.31. The van der Waals surface area contributed by atoms with Crippen LogP contribution in [0.5, 0.6) is 11.6 Å². The Kier molecular flexibility index (Phi) is 4.14. The summed E-state index contributed by atoms with van der Waals surface area (Å²) in [6.07, 6.45) is 6.67. The van der Waals surface area contributed by atoms with Crippen LogP contribution in [0.3, 0.4) is 0 Å². The smallest absolute Gasteiger partial charge is 0.257 e. The van der Waals surface area contributed by atoms with E-state index >= 15 is 0 Å². The minimum atomic E-state index is -0.308. The van der Waals surface area contributed by atoms with Gasteiger partial charge in [-0.2, -0.15) is 0 Å². The Balaban J connectivity index is 2.22. The van der Waals surface area contributed by atoms with E-state index in [1.807, 2.05) is 18.2 Å². The van der Waals surface area contributed by atoms with Crippen molar-refractivity contribution in [3.63, 3.8) is 0 Å². The molecule has 1 aromatic heterocycles. The van der Waals surface area contributed by atoms with Crippen molar-refractivity contribution in [1.82, 2.24) is 10.3 Å². The van der Waals surface area contributed by atoms with Crippen LogP contribution in [0.2, 0.25) is 0 Å². The molecule has 4 heteroatoms. The number of pyridine rings is 1. The number of benzene rings is 1. The molecule has 0 spiro atoms. The third kappa shape index (κ3) is 3.33. The maximum absolute atomic E-state index is 11.9. The van der Waals surface area contributed by atoms with Crippen molar-refractivity contribution in [1.29, 1.82) is 0 Å². The molecule has 94 valence electrons. The second kappa shape index (κ2) is 6.22. The van der Waals surface area contributed by atoms with Crippen molar-refractivity contribution >= 4 is 5.91 Å². The number of terminal acetylenes is 1. The molecule has 2 aromatic rings. The fraction of sp³-hybridized carbons (Fsp3) is 0.0667. The van der Waals surface area contributed by atoms with Crippen LogP contribution in [0.1, 0.15) is 10.4 Å². The maximum Gasteiger partial charge on any atom is 0.257 e. The van der Waals surface area contributed by atoms with E-state index in [1.54, 1.807) is 30.5 Å². The fourth-order valence-corrected chi connectivity index (χ4v) is 1.47. The highest BCUT2D eigenvalue weighted by Crippen LogP contribution is 2.22. The van der Waals surface area contributed by atoms with Crippen molar-refractivity contribution in [2.24, 2.45) is 0 Å². The van der Waals surface area contributed by atoms with Gasteiger partial charge in [-0.25, -0.2) is 4.98 Å². The molecule has 0 aliphatic rings. The van der Waals surface area contributed by atoms with Gasteiger partial charge in [0.05, 0.1) is 6.54 Å². The van der Waals surface area contributed by atoms with Gasteiger partial charge in [0.25, 0.3) is 5.91 Å². The SMILES string of the molecule is C#CCNC(=O)c1cccnc1Oc1ccccc1. The quantitative estimate of drug-likeness (QED) is 0.849. The monoisotopic (exact) mass is 252 g/mol. The number of amides is 1. The average Bonchev–Trinajstić information content (AvgIpc) is 2.46. The van der Waals surface area contributed by atoms with Gasteiger partial charge >= 0.3 is 0 Å². The van der Waals surface area contributed by atoms with Crippen molar-refractivity contribution < 1.29 is 9.53 Å². The molecule has 0 bridgehead atoms. The van der Waals surface area contributed by atoms with Gasteiger partial charge in [-0.1, -0.05) is 24.1 Å². The molecular formula is C15H12N2O2. The van der Waals surface area contributed by atoms with E-state index < -0.39 is 0 Å². The second-order valence-corrected chi connectivity index (χ2v) is 3.66. The maximum atomic E-state index is 11.9. The van der Waals surface area contributed by atoms with Crippen LogP contribution >= 0.6 is 0 Å². The van der Waals surface area contributed by atoms with Gasteiger partial charge in [0.1, 0.15) is 11.3 Å². The lowest BCUT2D eigenvalue weighted by atomic mass is 10.2. The van der Waals surface area contributed by atoms with Crippen LogP contribution in [0.4, 0.5) is 0 Å². The first kappa shape index (κ1) is 12.7. The van der Waals surface area contributed by atoms with Gasteiger partial charge in [-0.3, -0.25) is 4.79 Å². The number of ether oxygens (including phenoxy) is 1. The van der Waals surface area contributed by atoms with Crippen molar-refractivity contribution in [3.8, 4) is 24.0 Å². The first-order valence-corrected chi connectivity index (χ1v) is 5.71. The van der Waals surface area contributed by atoms with Crippen LogP contribution in [-0.2, 0) is 0 Å². The Morgan fingerprint density at radius 1 is 1.26 bits per heavy atom. The number of hydrogen-bond donors (Lipinski definition) is 1. The summed E-state index contributed by atoms with van der Waals surface area (Å²) in [5, 5.41) is 2.58. The van der Waals surface area contributed by atoms with Crippen LogP contribution in [-0.4, -0.2) is 17.4 Å². The average molecular weight is 252 g/mol. The molecule has 1 heterocycles. The summed E-state index contributed by atoms with van der Waals surface area (Å²) < 4.78 is 5.59. The first-order valence-electron chi connectivity index (χ1n) is 5.71. The van der Waals surface area contributed by atoms with Gasteiger partial charge in [-0.15, -0.1) is 6.42 Å². The van der Waals surface area contributed by atoms with E-state index in [4.69, 9.17) is 11.2 Å². The minimum absolute atomic E-state index is 0.165. The molecule has 0 atom stereocenters. The van der Waals surface area contributed by atoms with Crippen LogP contribution in [0.25, 0.3) is 0 Å². The summed E-state index contributed by atoms with van der Waals surface area (Å²) in [6.45, 7) is 0.165. The Hall–Kier alpha value is -2.80. The van der Waals surface area contributed by atoms with Gasteiger partial charge in [0, 0.05) is 6.20 Å². The van der Waals surface area contributed by atoms with E-state index in [0.29, 0.717) is 11.3 Å². The molecule has 1 amide bonds. The Labute approximate surface area is 111 Å². The zero-order valence-electron chi connectivity index (χ0n) is 10.2. The zero-order valence-corrected chi connectivity index (χ0v) is 10.2. The highest BCUT2D eigenvalue weighted by atomic mass is 16.5. The highest BCUT2D eigenvalue weighted by Gasteiger charge is 2.13. The highest BCUT2D eigenvalue weighted by molar-refractivity contribution is 5.96. The standard InChI is InChI=1S/C15H12N2O2/c1-2-10-16-14(18)13-9-6-11-17-15(13)19-12-7-4-3-5-8-12/h1,3-9,11H,10H2,(H,16,18).